The third-order valence-electron chi connectivity index (χ3n) is 6.51. The maximum Gasteiger partial charge on any atom is 0.145 e. The number of aryl methyl sites for hydroxylation is 1. The average Bonchev–Trinajstić information content (AvgIpc) is 3.43. The highest BCUT2D eigenvalue weighted by atomic mass is 15.1. The van der Waals surface area contributed by atoms with E-state index in [0.717, 1.165) is 40.5 Å². The highest BCUT2D eigenvalue weighted by molar-refractivity contribution is 5.87. The standard InChI is InChI=1S/C24H28N6/c1-25-22-10-8-18-7-5-17(14-21(18)29-22)4-3-16-6-9-19(13-16)30-12-11-20-23(26-2)27-15-28-24(20)30/h5,7-8,10-12,14-16,19H,3-4,6,9,13H2,1-2H3,(H,25,29)(H,26,27,28). The SMILES string of the molecule is CNc1ccc2ccc(CCC3CCC(n4ccc5c(NC)ncnc54)C3)cc2n1. The Balaban J connectivity index is 1.26. The van der Waals surface area contributed by atoms with Gasteiger partial charge in [0, 0.05) is 31.7 Å². The first-order chi connectivity index (χ1) is 14.7. The molecule has 2 N–H and O–H groups in total. The maximum atomic E-state index is 4.69. The molecule has 6 heteroatoms. The summed E-state index contributed by atoms with van der Waals surface area (Å²) in [6.07, 6.45) is 9.90. The van der Waals surface area contributed by atoms with Gasteiger partial charge in [0.15, 0.2) is 0 Å². The molecule has 4 aromatic rings. The number of benzene rings is 1. The van der Waals surface area contributed by atoms with Gasteiger partial charge in [-0.15, -0.1) is 0 Å². The van der Waals surface area contributed by atoms with Crippen molar-refractivity contribution in [2.45, 2.75) is 38.1 Å². The van der Waals surface area contributed by atoms with E-state index in [0.29, 0.717) is 6.04 Å². The molecule has 0 bridgehead atoms. The summed E-state index contributed by atoms with van der Waals surface area (Å²) in [6.45, 7) is 0. The number of nitrogens with zero attached hydrogens (tertiary/aromatic N) is 4. The molecule has 3 heterocycles. The molecule has 2 atom stereocenters. The zero-order valence-corrected chi connectivity index (χ0v) is 17.6. The molecule has 3 aromatic heterocycles. The Bertz CT molecular complexity index is 1180. The van der Waals surface area contributed by atoms with Crippen LogP contribution in [-0.2, 0) is 6.42 Å². The van der Waals surface area contributed by atoms with E-state index in [1.54, 1.807) is 6.33 Å². The molecule has 6 nitrogen and oxygen atoms in total. The van der Waals surface area contributed by atoms with Gasteiger partial charge >= 0.3 is 0 Å². The molecule has 30 heavy (non-hydrogen) atoms. The molecule has 1 aromatic carbocycles. The molecular formula is C24H28N6. The first-order valence-electron chi connectivity index (χ1n) is 10.8. The Hall–Kier alpha value is -3.15. The number of aromatic nitrogens is 4. The van der Waals surface area contributed by atoms with Crippen molar-refractivity contribution in [3.05, 3.63) is 54.5 Å². The zero-order chi connectivity index (χ0) is 20.5. The van der Waals surface area contributed by atoms with Gasteiger partial charge in [-0.1, -0.05) is 12.1 Å². The van der Waals surface area contributed by atoms with Gasteiger partial charge in [-0.2, -0.15) is 0 Å². The van der Waals surface area contributed by atoms with E-state index < -0.39 is 0 Å². The van der Waals surface area contributed by atoms with E-state index in [9.17, 15) is 0 Å². The molecule has 2 unspecified atom stereocenters. The number of pyridine rings is 1. The molecule has 0 spiro atoms. The second-order valence-electron chi connectivity index (χ2n) is 8.28. The summed E-state index contributed by atoms with van der Waals surface area (Å²) in [4.78, 5) is 13.6. The quantitative estimate of drug-likeness (QED) is 0.475. The fourth-order valence-corrected chi connectivity index (χ4v) is 4.86. The van der Waals surface area contributed by atoms with Crippen LogP contribution in [0.1, 0.15) is 37.3 Å². The lowest BCUT2D eigenvalue weighted by Crippen LogP contribution is -2.06. The molecular weight excluding hydrogens is 372 g/mol. The van der Waals surface area contributed by atoms with Crippen molar-refractivity contribution in [3.63, 3.8) is 0 Å². The number of anilines is 2. The summed E-state index contributed by atoms with van der Waals surface area (Å²) in [5.41, 5.74) is 3.49. The van der Waals surface area contributed by atoms with Crippen LogP contribution in [0, 0.1) is 5.92 Å². The predicted molar refractivity (Wildman–Crippen MR) is 123 cm³/mol. The van der Waals surface area contributed by atoms with Crippen molar-refractivity contribution in [1.29, 1.82) is 0 Å². The maximum absolute atomic E-state index is 4.69. The summed E-state index contributed by atoms with van der Waals surface area (Å²) in [5, 5.41) is 8.59. The lowest BCUT2D eigenvalue weighted by atomic mass is 9.97. The summed E-state index contributed by atoms with van der Waals surface area (Å²) in [7, 11) is 3.82. The molecule has 1 aliphatic rings. The number of fused-ring (bicyclic) bond motifs is 2. The lowest BCUT2D eigenvalue weighted by Gasteiger charge is -2.15. The van der Waals surface area contributed by atoms with Crippen LogP contribution in [0.25, 0.3) is 21.9 Å². The fourth-order valence-electron chi connectivity index (χ4n) is 4.86. The van der Waals surface area contributed by atoms with Crippen LogP contribution in [0.15, 0.2) is 48.9 Å². The number of hydrogen-bond donors (Lipinski definition) is 2. The van der Waals surface area contributed by atoms with Gasteiger partial charge in [0.2, 0.25) is 0 Å². The van der Waals surface area contributed by atoms with Gasteiger partial charge in [-0.05, 0) is 67.9 Å². The van der Waals surface area contributed by atoms with Crippen molar-refractivity contribution in [1.82, 2.24) is 19.5 Å². The Kier molecular flexibility index (Phi) is 4.99. The highest BCUT2D eigenvalue weighted by Crippen LogP contribution is 2.39. The predicted octanol–water partition coefficient (Wildman–Crippen LogP) is 5.04. The van der Waals surface area contributed by atoms with Gasteiger partial charge in [0.05, 0.1) is 10.9 Å². The molecule has 1 aliphatic carbocycles. The minimum Gasteiger partial charge on any atom is -0.373 e. The van der Waals surface area contributed by atoms with E-state index >= 15 is 0 Å². The molecule has 0 aliphatic heterocycles. The summed E-state index contributed by atoms with van der Waals surface area (Å²) in [5.74, 6) is 2.58. The van der Waals surface area contributed by atoms with Gasteiger partial charge < -0.3 is 15.2 Å². The Morgan fingerprint density at radius 1 is 1.03 bits per heavy atom. The Labute approximate surface area is 176 Å². The number of nitrogens with one attached hydrogen (secondary N) is 2. The van der Waals surface area contributed by atoms with Gasteiger partial charge in [-0.3, -0.25) is 0 Å². The first-order valence-corrected chi connectivity index (χ1v) is 10.8. The van der Waals surface area contributed by atoms with Crippen molar-refractivity contribution in [2.24, 2.45) is 5.92 Å². The molecule has 0 saturated heterocycles. The second-order valence-corrected chi connectivity index (χ2v) is 8.28. The van der Waals surface area contributed by atoms with E-state index in [4.69, 9.17) is 4.98 Å². The largest absolute Gasteiger partial charge is 0.373 e. The van der Waals surface area contributed by atoms with E-state index in [1.165, 1.54) is 36.6 Å². The van der Waals surface area contributed by atoms with Gasteiger partial charge in [0.25, 0.3) is 0 Å². The second kappa shape index (κ2) is 7.94. The van der Waals surface area contributed by atoms with Crippen LogP contribution in [0.3, 0.4) is 0 Å². The average molecular weight is 401 g/mol. The zero-order valence-electron chi connectivity index (χ0n) is 17.6. The van der Waals surface area contributed by atoms with Crippen LogP contribution in [0.2, 0.25) is 0 Å². The molecule has 1 fully saturated rings. The van der Waals surface area contributed by atoms with E-state index in [2.05, 4.69) is 61.7 Å². The number of hydrogen-bond acceptors (Lipinski definition) is 5. The topological polar surface area (TPSA) is 67.7 Å². The molecule has 0 radical (unpaired) electrons. The third kappa shape index (κ3) is 3.47. The molecule has 5 rings (SSSR count). The smallest absolute Gasteiger partial charge is 0.145 e. The minimum atomic E-state index is 0.531. The van der Waals surface area contributed by atoms with Crippen LogP contribution >= 0.6 is 0 Å². The Morgan fingerprint density at radius 2 is 1.93 bits per heavy atom. The van der Waals surface area contributed by atoms with Crippen molar-refractivity contribution >= 4 is 33.6 Å². The van der Waals surface area contributed by atoms with E-state index in [1.807, 2.05) is 20.2 Å². The van der Waals surface area contributed by atoms with Crippen molar-refractivity contribution < 1.29 is 0 Å². The summed E-state index contributed by atoms with van der Waals surface area (Å²) in [6, 6.07) is 13.5. The van der Waals surface area contributed by atoms with Gasteiger partial charge in [-0.25, -0.2) is 15.0 Å². The van der Waals surface area contributed by atoms with E-state index in [-0.39, 0.29) is 0 Å². The normalized spacial score (nSPS) is 18.9. The van der Waals surface area contributed by atoms with Crippen molar-refractivity contribution in [3.8, 4) is 0 Å². The first kappa shape index (κ1) is 18.9. The number of rotatable bonds is 6. The monoisotopic (exact) mass is 400 g/mol. The lowest BCUT2D eigenvalue weighted by molar-refractivity contribution is 0.461. The molecule has 0 amide bonds. The van der Waals surface area contributed by atoms with Crippen LogP contribution in [0.5, 0.6) is 0 Å². The minimum absolute atomic E-state index is 0.531. The van der Waals surface area contributed by atoms with Crippen molar-refractivity contribution in [2.75, 3.05) is 24.7 Å². The van der Waals surface area contributed by atoms with Gasteiger partial charge in [0.1, 0.15) is 23.6 Å². The Morgan fingerprint density at radius 3 is 2.80 bits per heavy atom. The summed E-state index contributed by atoms with van der Waals surface area (Å²) < 4.78 is 2.36. The highest BCUT2D eigenvalue weighted by Gasteiger charge is 2.27. The fraction of sp³-hybridized carbons (Fsp3) is 0.375. The van der Waals surface area contributed by atoms with Crippen LogP contribution in [0.4, 0.5) is 11.6 Å². The summed E-state index contributed by atoms with van der Waals surface area (Å²) >= 11 is 0. The van der Waals surface area contributed by atoms with Crippen LogP contribution < -0.4 is 10.6 Å². The molecule has 1 saturated carbocycles. The third-order valence-corrected chi connectivity index (χ3v) is 6.51. The molecule has 154 valence electrons. The van der Waals surface area contributed by atoms with Crippen LogP contribution in [-0.4, -0.2) is 33.6 Å².